The van der Waals surface area contributed by atoms with Gasteiger partial charge in [0.2, 0.25) is 0 Å². The van der Waals surface area contributed by atoms with Crippen molar-refractivity contribution in [3.63, 3.8) is 0 Å². The van der Waals surface area contributed by atoms with E-state index in [2.05, 4.69) is 10.2 Å². The van der Waals surface area contributed by atoms with Gasteiger partial charge < -0.3 is 15.0 Å². The van der Waals surface area contributed by atoms with Gasteiger partial charge in [0.25, 0.3) is 0 Å². The summed E-state index contributed by atoms with van der Waals surface area (Å²) in [5.74, 6) is 1.54. The molecule has 15 heavy (non-hydrogen) atoms. The molecule has 0 radical (unpaired) electrons. The van der Waals surface area contributed by atoms with Gasteiger partial charge in [-0.05, 0) is 25.9 Å². The first kappa shape index (κ1) is 11.7. The van der Waals surface area contributed by atoms with Crippen LogP contribution in [0, 0.1) is 0 Å². The highest BCUT2D eigenvalue weighted by atomic mass is 32.2. The van der Waals surface area contributed by atoms with Crippen LogP contribution in [0.25, 0.3) is 0 Å². The Morgan fingerprint density at radius 3 is 2.47 bits per heavy atom. The molecule has 0 aromatic heterocycles. The number of nitrogens with zero attached hydrogens (tertiary/aromatic N) is 1. The minimum atomic E-state index is -0.617. The number of hydrogen-bond acceptors (Lipinski definition) is 4. The molecule has 2 saturated heterocycles. The van der Waals surface area contributed by atoms with Crippen molar-refractivity contribution < 1.29 is 9.66 Å². The zero-order valence-corrected chi connectivity index (χ0v) is 9.89. The summed E-state index contributed by atoms with van der Waals surface area (Å²) in [5, 5.41) is 13.6. The SMILES string of the molecule is [O-][S+]1CCN(CC2(O)CCNCC2)CC1. The van der Waals surface area contributed by atoms with Gasteiger partial charge in [-0.3, -0.25) is 4.90 Å². The molecule has 0 spiro atoms. The Balaban J connectivity index is 1.80. The van der Waals surface area contributed by atoms with Crippen molar-refractivity contribution in [2.24, 2.45) is 0 Å². The molecule has 0 atom stereocenters. The summed E-state index contributed by atoms with van der Waals surface area (Å²) in [7, 11) is 0. The van der Waals surface area contributed by atoms with Crippen LogP contribution in [0.5, 0.6) is 0 Å². The van der Waals surface area contributed by atoms with Crippen LogP contribution < -0.4 is 5.32 Å². The van der Waals surface area contributed by atoms with Crippen LogP contribution in [0.1, 0.15) is 12.8 Å². The fraction of sp³-hybridized carbons (Fsp3) is 1.00. The van der Waals surface area contributed by atoms with Gasteiger partial charge in [0, 0.05) is 19.6 Å². The van der Waals surface area contributed by atoms with Crippen LogP contribution in [0.15, 0.2) is 0 Å². The number of aliphatic hydroxyl groups is 1. The Morgan fingerprint density at radius 2 is 1.87 bits per heavy atom. The highest BCUT2D eigenvalue weighted by Gasteiger charge is 2.33. The lowest BCUT2D eigenvalue weighted by Gasteiger charge is -2.38. The molecular weight excluding hydrogens is 212 g/mol. The molecule has 0 unspecified atom stereocenters. The average molecular weight is 232 g/mol. The number of β-amino-alcohol motifs (C(OH)–C–C–N with tert-alkyl or cyclic N) is 1. The summed E-state index contributed by atoms with van der Waals surface area (Å²) in [6.07, 6.45) is 1.68. The van der Waals surface area contributed by atoms with E-state index in [1.165, 1.54) is 0 Å². The maximum absolute atomic E-state index is 11.2. The maximum atomic E-state index is 11.2. The molecule has 0 aromatic carbocycles. The highest BCUT2D eigenvalue weighted by Crippen LogP contribution is 2.20. The van der Waals surface area contributed by atoms with Crippen molar-refractivity contribution in [3.8, 4) is 0 Å². The van der Waals surface area contributed by atoms with Crippen LogP contribution in [-0.2, 0) is 11.2 Å². The van der Waals surface area contributed by atoms with Gasteiger partial charge in [-0.15, -0.1) is 0 Å². The van der Waals surface area contributed by atoms with Gasteiger partial charge in [-0.25, -0.2) is 0 Å². The first-order chi connectivity index (χ1) is 7.18. The molecule has 2 fully saturated rings. The first-order valence-electron chi connectivity index (χ1n) is 5.68. The second-order valence-corrected chi connectivity index (χ2v) is 6.29. The summed E-state index contributed by atoms with van der Waals surface area (Å²) in [4.78, 5) is 2.26. The van der Waals surface area contributed by atoms with Crippen molar-refractivity contribution in [2.45, 2.75) is 18.4 Å². The van der Waals surface area contributed by atoms with Crippen molar-refractivity contribution >= 4 is 11.2 Å². The normalized spacial score (nSPS) is 29.2. The quantitative estimate of drug-likeness (QED) is 0.610. The lowest BCUT2D eigenvalue weighted by atomic mass is 9.92. The Bertz CT molecular complexity index is 202. The molecule has 88 valence electrons. The second-order valence-electron chi connectivity index (χ2n) is 4.60. The van der Waals surface area contributed by atoms with E-state index in [1.54, 1.807) is 0 Å². The Morgan fingerprint density at radius 1 is 1.27 bits per heavy atom. The molecule has 0 aliphatic carbocycles. The van der Waals surface area contributed by atoms with Gasteiger partial charge in [-0.1, -0.05) is 11.2 Å². The van der Waals surface area contributed by atoms with E-state index in [1.807, 2.05) is 0 Å². The average Bonchev–Trinajstić information content (AvgIpc) is 2.22. The summed E-state index contributed by atoms with van der Waals surface area (Å²) < 4.78 is 11.2. The lowest BCUT2D eigenvalue weighted by molar-refractivity contribution is -0.0190. The fourth-order valence-corrected chi connectivity index (χ4v) is 3.43. The van der Waals surface area contributed by atoms with Gasteiger partial charge in [0.1, 0.15) is 11.5 Å². The van der Waals surface area contributed by atoms with Crippen molar-refractivity contribution in [1.82, 2.24) is 10.2 Å². The van der Waals surface area contributed by atoms with E-state index in [4.69, 9.17) is 0 Å². The van der Waals surface area contributed by atoms with Gasteiger partial charge in [0.05, 0.1) is 5.60 Å². The van der Waals surface area contributed by atoms with Crippen LogP contribution in [0.4, 0.5) is 0 Å². The summed E-state index contributed by atoms with van der Waals surface area (Å²) in [6.45, 7) is 4.34. The largest absolute Gasteiger partial charge is 0.616 e. The zero-order valence-electron chi connectivity index (χ0n) is 9.07. The minimum Gasteiger partial charge on any atom is -0.616 e. The number of piperidine rings is 1. The molecule has 2 heterocycles. The maximum Gasteiger partial charge on any atom is 0.118 e. The summed E-state index contributed by atoms with van der Waals surface area (Å²) in [6, 6.07) is 0. The fourth-order valence-electron chi connectivity index (χ4n) is 2.30. The molecule has 5 heteroatoms. The molecule has 4 nitrogen and oxygen atoms in total. The Kier molecular flexibility index (Phi) is 3.90. The van der Waals surface area contributed by atoms with Gasteiger partial charge >= 0.3 is 0 Å². The number of rotatable bonds is 2. The molecule has 0 amide bonds. The lowest BCUT2D eigenvalue weighted by Crippen LogP contribution is -2.52. The zero-order chi connectivity index (χ0) is 10.7. The van der Waals surface area contributed by atoms with E-state index >= 15 is 0 Å². The molecule has 2 rings (SSSR count). The number of hydrogen-bond donors (Lipinski definition) is 2. The smallest absolute Gasteiger partial charge is 0.118 e. The summed E-state index contributed by atoms with van der Waals surface area (Å²) >= 11 is -0.617. The summed E-state index contributed by atoms with van der Waals surface area (Å²) in [5.41, 5.74) is -0.510. The second kappa shape index (κ2) is 5.01. The van der Waals surface area contributed by atoms with Gasteiger partial charge in [0.15, 0.2) is 0 Å². The van der Waals surface area contributed by atoms with E-state index in [0.29, 0.717) is 0 Å². The van der Waals surface area contributed by atoms with Crippen molar-refractivity contribution in [2.75, 3.05) is 44.2 Å². The first-order valence-corrected chi connectivity index (χ1v) is 7.17. The standard InChI is InChI=1S/C10H20N2O2S/c13-10(1-3-11-4-2-10)9-12-5-7-15(14)8-6-12/h11,13H,1-9H2. The van der Waals surface area contributed by atoms with E-state index in [9.17, 15) is 9.66 Å². The predicted molar refractivity (Wildman–Crippen MR) is 61.4 cm³/mol. The minimum absolute atomic E-state index is 0.510. The third-order valence-electron chi connectivity index (χ3n) is 3.32. The Hall–Kier alpha value is 0.190. The van der Waals surface area contributed by atoms with E-state index in [0.717, 1.165) is 57.1 Å². The van der Waals surface area contributed by atoms with Crippen LogP contribution in [-0.4, -0.2) is 64.4 Å². The number of nitrogens with one attached hydrogen (secondary N) is 1. The topological polar surface area (TPSA) is 58.6 Å². The molecule has 2 N–H and O–H groups in total. The van der Waals surface area contributed by atoms with Crippen molar-refractivity contribution in [1.29, 1.82) is 0 Å². The molecule has 2 aliphatic rings. The van der Waals surface area contributed by atoms with Crippen molar-refractivity contribution in [3.05, 3.63) is 0 Å². The van der Waals surface area contributed by atoms with Crippen LogP contribution in [0.2, 0.25) is 0 Å². The predicted octanol–water partition coefficient (Wildman–Crippen LogP) is -0.835. The third kappa shape index (κ3) is 3.32. The Labute approximate surface area is 94.2 Å². The molecule has 0 bridgehead atoms. The van der Waals surface area contributed by atoms with Crippen LogP contribution >= 0.6 is 0 Å². The van der Waals surface area contributed by atoms with E-state index in [-0.39, 0.29) is 0 Å². The molecule has 0 saturated carbocycles. The highest BCUT2D eigenvalue weighted by molar-refractivity contribution is 7.91. The third-order valence-corrected chi connectivity index (χ3v) is 4.60. The van der Waals surface area contributed by atoms with Crippen LogP contribution in [0.3, 0.4) is 0 Å². The molecular formula is C10H20N2O2S. The van der Waals surface area contributed by atoms with Gasteiger partial charge in [-0.2, -0.15) is 0 Å². The monoisotopic (exact) mass is 232 g/mol. The van der Waals surface area contributed by atoms with E-state index < -0.39 is 16.8 Å². The molecule has 2 aliphatic heterocycles. The molecule has 0 aromatic rings.